The molecule has 3 aromatic rings. The lowest BCUT2D eigenvalue weighted by Crippen LogP contribution is -2.44. The molecule has 0 unspecified atom stereocenters. The second-order valence-corrected chi connectivity index (χ2v) is 9.43. The number of ketones is 1. The number of fused-ring (bicyclic) bond motifs is 5. The smallest absolute Gasteiger partial charge is 0.270 e. The number of nitro benzene ring substituents is 1. The van der Waals surface area contributed by atoms with Gasteiger partial charge >= 0.3 is 0 Å². The van der Waals surface area contributed by atoms with Crippen molar-refractivity contribution in [2.75, 3.05) is 4.90 Å². The van der Waals surface area contributed by atoms with Crippen LogP contribution in [0.4, 0.5) is 11.4 Å². The van der Waals surface area contributed by atoms with E-state index in [0.717, 1.165) is 16.0 Å². The number of imide groups is 1. The first kappa shape index (κ1) is 22.2. The highest BCUT2D eigenvalue weighted by atomic mass is 35.5. The Kier molecular flexibility index (Phi) is 5.01. The van der Waals surface area contributed by atoms with Crippen LogP contribution in [0.2, 0.25) is 5.02 Å². The second-order valence-electron chi connectivity index (χ2n) is 9.00. The fourth-order valence-corrected chi connectivity index (χ4v) is 5.85. The Hall–Kier alpha value is -4.30. The lowest BCUT2D eigenvalue weighted by atomic mass is 9.83. The molecule has 2 amide bonds. The number of rotatable bonds is 4. The molecule has 8 nitrogen and oxygen atoms in total. The quantitative estimate of drug-likeness (QED) is 0.224. The number of amides is 2. The number of anilines is 1. The van der Waals surface area contributed by atoms with E-state index < -0.39 is 46.4 Å². The molecule has 6 rings (SSSR count). The molecule has 0 N–H and O–H groups in total. The number of benzene rings is 3. The molecule has 0 aliphatic carbocycles. The van der Waals surface area contributed by atoms with Crippen LogP contribution >= 0.6 is 11.6 Å². The van der Waals surface area contributed by atoms with Crippen molar-refractivity contribution in [2.24, 2.45) is 11.8 Å². The number of Topliss-reactive ketones (excluding diaryl/α,β-unsaturated/α-hetero) is 1. The number of carbonyl (C=O) groups excluding carboxylic acids is 3. The summed E-state index contributed by atoms with van der Waals surface area (Å²) in [7, 11) is 0. The summed E-state index contributed by atoms with van der Waals surface area (Å²) in [4.78, 5) is 55.2. The third-order valence-electron chi connectivity index (χ3n) is 7.14. The minimum Gasteiger partial charge on any atom is -0.358 e. The van der Waals surface area contributed by atoms with Crippen molar-refractivity contribution in [3.8, 4) is 0 Å². The van der Waals surface area contributed by atoms with Crippen LogP contribution < -0.4 is 4.90 Å². The van der Waals surface area contributed by atoms with E-state index in [1.807, 2.05) is 30.3 Å². The largest absolute Gasteiger partial charge is 0.358 e. The van der Waals surface area contributed by atoms with Crippen LogP contribution in [0.5, 0.6) is 0 Å². The molecule has 3 aliphatic heterocycles. The molecule has 3 heterocycles. The Balaban J connectivity index is 1.50. The lowest BCUT2D eigenvalue weighted by molar-refractivity contribution is -0.384. The maximum atomic E-state index is 13.9. The monoisotopic (exact) mass is 499 g/mol. The van der Waals surface area contributed by atoms with Gasteiger partial charge in [-0.25, -0.2) is 4.90 Å². The van der Waals surface area contributed by atoms with E-state index >= 15 is 0 Å². The second kappa shape index (κ2) is 8.13. The van der Waals surface area contributed by atoms with Crippen molar-refractivity contribution in [2.45, 2.75) is 12.1 Å². The average molecular weight is 500 g/mol. The summed E-state index contributed by atoms with van der Waals surface area (Å²) in [6, 6.07) is 17.9. The van der Waals surface area contributed by atoms with Crippen molar-refractivity contribution in [1.29, 1.82) is 0 Å². The number of hydrogen-bond donors (Lipinski definition) is 0. The predicted molar refractivity (Wildman–Crippen MR) is 132 cm³/mol. The van der Waals surface area contributed by atoms with Crippen LogP contribution in [0.15, 0.2) is 79.0 Å². The van der Waals surface area contributed by atoms with Gasteiger partial charge in [0.15, 0.2) is 5.78 Å². The number of halogens is 1. The molecule has 36 heavy (non-hydrogen) atoms. The first-order valence-corrected chi connectivity index (χ1v) is 11.7. The van der Waals surface area contributed by atoms with Crippen molar-refractivity contribution >= 4 is 46.6 Å². The number of nitro groups is 1. The van der Waals surface area contributed by atoms with Gasteiger partial charge < -0.3 is 4.90 Å². The molecular weight excluding hydrogens is 482 g/mol. The Morgan fingerprint density at radius 1 is 0.917 bits per heavy atom. The summed E-state index contributed by atoms with van der Waals surface area (Å²) in [5.74, 6) is -3.12. The Morgan fingerprint density at radius 3 is 2.44 bits per heavy atom. The molecule has 0 spiro atoms. The summed E-state index contributed by atoms with van der Waals surface area (Å²) >= 11 is 6.14. The molecular formula is C27H18ClN3O5. The van der Waals surface area contributed by atoms with Crippen LogP contribution in [-0.2, 0) is 9.59 Å². The lowest BCUT2D eigenvalue weighted by Gasteiger charge is -2.35. The van der Waals surface area contributed by atoms with Crippen LogP contribution in [0.1, 0.15) is 27.5 Å². The Bertz CT molecular complexity index is 1500. The number of nitrogens with zero attached hydrogens (tertiary/aromatic N) is 3. The number of hydrogen-bond acceptors (Lipinski definition) is 6. The van der Waals surface area contributed by atoms with Crippen molar-refractivity contribution in [1.82, 2.24) is 4.90 Å². The zero-order chi connectivity index (χ0) is 25.1. The van der Waals surface area contributed by atoms with Crippen LogP contribution in [0.25, 0.3) is 6.08 Å². The molecule has 4 atom stereocenters. The SMILES string of the molecule is O=C(c1cccc([N+](=O)[O-])c1)[C@@H]1[C@@H]2C(=O)N(c3cccc(Cl)c3)C(=O)[C@H]2[C@@H]2c3ccccc3C=CN12. The maximum Gasteiger partial charge on any atom is 0.270 e. The fraction of sp³-hybridized carbons (Fsp3) is 0.148. The molecule has 0 aromatic heterocycles. The standard InChI is InChI=1S/C27H18ClN3O5/c28-17-7-4-8-18(14-17)30-26(33)21-22(27(30)34)24(25(32)16-6-3-9-19(13-16)31(35)36)29-12-11-15-5-1-2-10-20(15)23(21)29/h1-14,21-24H/t21-,22-,23+,24+/m1/s1. The first-order valence-electron chi connectivity index (χ1n) is 11.3. The summed E-state index contributed by atoms with van der Waals surface area (Å²) < 4.78 is 0. The molecule has 3 aromatic carbocycles. The highest BCUT2D eigenvalue weighted by molar-refractivity contribution is 6.31. The number of carbonyl (C=O) groups is 3. The predicted octanol–water partition coefficient (Wildman–Crippen LogP) is 4.65. The van der Waals surface area contributed by atoms with Crippen LogP contribution in [-0.4, -0.2) is 33.5 Å². The fourth-order valence-electron chi connectivity index (χ4n) is 5.67. The van der Waals surface area contributed by atoms with Gasteiger partial charge in [0.1, 0.15) is 6.04 Å². The van der Waals surface area contributed by atoms with Gasteiger partial charge in [0.25, 0.3) is 5.69 Å². The van der Waals surface area contributed by atoms with E-state index in [-0.39, 0.29) is 11.3 Å². The van der Waals surface area contributed by atoms with Crippen molar-refractivity contribution < 1.29 is 19.3 Å². The van der Waals surface area contributed by atoms with Crippen LogP contribution in [0, 0.1) is 22.0 Å². The van der Waals surface area contributed by atoms with E-state index in [0.29, 0.717) is 10.7 Å². The molecule has 9 heteroatoms. The molecule has 3 aliphatic rings. The van der Waals surface area contributed by atoms with Gasteiger partial charge in [-0.15, -0.1) is 0 Å². The summed E-state index contributed by atoms with van der Waals surface area (Å²) in [5.41, 5.74) is 1.99. The van der Waals surface area contributed by atoms with E-state index in [2.05, 4.69) is 0 Å². The molecule has 0 radical (unpaired) electrons. The molecule has 178 valence electrons. The van der Waals surface area contributed by atoms with Gasteiger partial charge in [-0.1, -0.05) is 54.1 Å². The van der Waals surface area contributed by atoms with E-state index in [9.17, 15) is 24.5 Å². The van der Waals surface area contributed by atoms with Crippen molar-refractivity contribution in [3.63, 3.8) is 0 Å². The normalized spacial score (nSPS) is 23.9. The molecule has 2 saturated heterocycles. The zero-order valence-corrected chi connectivity index (χ0v) is 19.4. The van der Waals surface area contributed by atoms with Gasteiger partial charge in [-0.05, 0) is 35.4 Å². The van der Waals surface area contributed by atoms with Gasteiger partial charge in [0, 0.05) is 28.9 Å². The summed E-state index contributed by atoms with van der Waals surface area (Å²) in [5, 5.41) is 11.7. The topological polar surface area (TPSA) is 101 Å². The highest BCUT2D eigenvalue weighted by Gasteiger charge is 2.64. The third kappa shape index (κ3) is 3.18. The minimum atomic E-state index is -1.01. The average Bonchev–Trinajstić information content (AvgIpc) is 3.36. The molecule has 0 bridgehead atoms. The third-order valence-corrected chi connectivity index (χ3v) is 7.37. The van der Waals surface area contributed by atoms with E-state index in [1.54, 1.807) is 35.4 Å². The van der Waals surface area contributed by atoms with Gasteiger partial charge in [-0.2, -0.15) is 0 Å². The highest BCUT2D eigenvalue weighted by Crippen LogP contribution is 2.53. The first-order chi connectivity index (χ1) is 17.4. The Morgan fingerprint density at radius 2 is 1.67 bits per heavy atom. The van der Waals surface area contributed by atoms with E-state index in [1.165, 1.54) is 24.3 Å². The maximum absolute atomic E-state index is 13.9. The Labute approximate surface area is 210 Å². The molecule has 2 fully saturated rings. The number of non-ortho nitro benzene ring substituents is 1. The van der Waals surface area contributed by atoms with Gasteiger partial charge in [0.05, 0.1) is 28.5 Å². The van der Waals surface area contributed by atoms with Crippen molar-refractivity contribution in [3.05, 3.63) is 111 Å². The van der Waals surface area contributed by atoms with Gasteiger partial charge in [-0.3, -0.25) is 24.5 Å². The molecule has 0 saturated carbocycles. The zero-order valence-electron chi connectivity index (χ0n) is 18.7. The summed E-state index contributed by atoms with van der Waals surface area (Å²) in [6.45, 7) is 0. The van der Waals surface area contributed by atoms with Gasteiger partial charge in [0.2, 0.25) is 11.8 Å². The van der Waals surface area contributed by atoms with E-state index in [4.69, 9.17) is 11.6 Å². The summed E-state index contributed by atoms with van der Waals surface area (Å²) in [6.07, 6.45) is 3.60. The minimum absolute atomic E-state index is 0.113. The van der Waals surface area contributed by atoms with Crippen LogP contribution in [0.3, 0.4) is 0 Å².